The molecule has 1 saturated carbocycles. The Balaban J connectivity index is 2.23. The van der Waals surface area contributed by atoms with E-state index in [0.717, 1.165) is 16.7 Å². The third kappa shape index (κ3) is 2.58. The van der Waals surface area contributed by atoms with E-state index < -0.39 is 11.0 Å². The fourth-order valence-electron chi connectivity index (χ4n) is 2.44. The van der Waals surface area contributed by atoms with Crippen molar-refractivity contribution in [1.29, 1.82) is 0 Å². The van der Waals surface area contributed by atoms with Crippen LogP contribution in [-0.4, -0.2) is 15.4 Å². The molecule has 0 aliphatic heterocycles. The van der Waals surface area contributed by atoms with Gasteiger partial charge in [0.1, 0.15) is 0 Å². The monoisotopic (exact) mass is 302 g/mol. The second-order valence-electron chi connectivity index (χ2n) is 5.62. The quantitative estimate of drug-likeness (QED) is 0.857. The maximum atomic E-state index is 12.1. The molecule has 1 aliphatic rings. The van der Waals surface area contributed by atoms with E-state index in [2.05, 4.69) is 24.0 Å². The maximum absolute atomic E-state index is 12.1. The second-order valence-corrected chi connectivity index (χ2v) is 6.93. The zero-order valence-corrected chi connectivity index (χ0v) is 13.2. The Morgan fingerprint density at radius 2 is 1.81 bits per heavy atom. The number of H-pyrrole nitrogens is 2. The van der Waals surface area contributed by atoms with Gasteiger partial charge in [0.05, 0.1) is 5.56 Å². The molecular formula is C16H18N2O2S. The molecule has 4 nitrogen and oxygen atoms in total. The Kier molecular flexibility index (Phi) is 3.53. The molecule has 0 atom stereocenters. The molecule has 3 rings (SSSR count). The summed E-state index contributed by atoms with van der Waals surface area (Å²) in [5.41, 5.74) is 3.72. The lowest BCUT2D eigenvalue weighted by atomic mass is 9.96. The Morgan fingerprint density at radius 1 is 1.10 bits per heavy atom. The van der Waals surface area contributed by atoms with Crippen molar-refractivity contribution in [3.05, 3.63) is 49.5 Å². The van der Waals surface area contributed by atoms with Crippen molar-refractivity contribution in [2.45, 2.75) is 43.8 Å². The van der Waals surface area contributed by atoms with Gasteiger partial charge < -0.3 is 5.10 Å². The maximum Gasteiger partial charge on any atom is 0.310 e. The minimum atomic E-state index is -0.610. The predicted molar refractivity (Wildman–Crippen MR) is 86.2 cm³/mol. The smallest absolute Gasteiger partial charge is 0.305 e. The van der Waals surface area contributed by atoms with E-state index in [1.807, 2.05) is 24.8 Å². The zero-order chi connectivity index (χ0) is 15.1. The Bertz CT molecular complexity index is 816. The van der Waals surface area contributed by atoms with Gasteiger partial charge in [-0.25, -0.2) is 0 Å². The molecule has 5 heteroatoms. The van der Waals surface area contributed by atoms with Crippen molar-refractivity contribution >= 4 is 11.8 Å². The first-order valence-corrected chi connectivity index (χ1v) is 7.95. The molecule has 0 unspecified atom stereocenters. The van der Waals surface area contributed by atoms with E-state index >= 15 is 0 Å². The van der Waals surface area contributed by atoms with Gasteiger partial charge in [-0.2, -0.15) is 0 Å². The second kappa shape index (κ2) is 5.22. The fourth-order valence-corrected chi connectivity index (χ4v) is 3.77. The summed E-state index contributed by atoms with van der Waals surface area (Å²) < 4.78 is 0. The van der Waals surface area contributed by atoms with Crippen LogP contribution in [-0.2, 0) is 0 Å². The van der Waals surface area contributed by atoms with Crippen LogP contribution in [0.15, 0.2) is 26.7 Å². The Morgan fingerprint density at radius 3 is 2.48 bits per heavy atom. The van der Waals surface area contributed by atoms with Gasteiger partial charge in [0.15, 0.2) is 0 Å². The summed E-state index contributed by atoms with van der Waals surface area (Å²) >= 11 is 1.90. The number of thioether (sulfide) groups is 1. The molecule has 0 bridgehead atoms. The van der Waals surface area contributed by atoms with E-state index in [9.17, 15) is 9.59 Å². The van der Waals surface area contributed by atoms with Gasteiger partial charge in [-0.3, -0.25) is 14.7 Å². The molecule has 1 heterocycles. The summed E-state index contributed by atoms with van der Waals surface area (Å²) in [4.78, 5) is 24.9. The number of nitrogens with one attached hydrogen (secondary N) is 2. The summed E-state index contributed by atoms with van der Waals surface area (Å²) in [6.45, 7) is 6.21. The molecule has 0 radical (unpaired) electrons. The van der Waals surface area contributed by atoms with E-state index in [-0.39, 0.29) is 0 Å². The van der Waals surface area contributed by atoms with Crippen LogP contribution in [0.1, 0.15) is 29.5 Å². The Hall–Kier alpha value is -1.75. The minimum Gasteiger partial charge on any atom is -0.305 e. The molecule has 0 spiro atoms. The highest BCUT2D eigenvalue weighted by Crippen LogP contribution is 2.44. The van der Waals surface area contributed by atoms with Gasteiger partial charge in [-0.1, -0.05) is 6.07 Å². The van der Waals surface area contributed by atoms with Crippen LogP contribution in [0.25, 0.3) is 11.1 Å². The fraction of sp³-hybridized carbons (Fsp3) is 0.375. The summed E-state index contributed by atoms with van der Waals surface area (Å²) in [5.74, 6) is 0. The van der Waals surface area contributed by atoms with Crippen molar-refractivity contribution in [3.8, 4) is 11.1 Å². The molecule has 110 valence electrons. The van der Waals surface area contributed by atoms with Gasteiger partial charge in [0.2, 0.25) is 0 Å². The van der Waals surface area contributed by atoms with Crippen LogP contribution in [0.2, 0.25) is 0 Å². The van der Waals surface area contributed by atoms with Crippen LogP contribution in [0, 0.1) is 20.8 Å². The molecule has 0 amide bonds. The lowest BCUT2D eigenvalue weighted by Gasteiger charge is -2.16. The minimum absolute atomic E-state index is 0.442. The number of benzene rings is 1. The van der Waals surface area contributed by atoms with Gasteiger partial charge in [-0.05, 0) is 55.9 Å². The standard InChI is InChI=1S/C16H18N2O2S/c1-8-6-12(13-7-17-18-16(20)14(13)19)10(3)15(9(8)2)21-11-4-5-11/h6-7,11H,4-5H2,1-3H3,(H,17,19)(H,18,20). The van der Waals surface area contributed by atoms with E-state index in [4.69, 9.17) is 0 Å². The number of aromatic amines is 2. The lowest BCUT2D eigenvalue weighted by molar-refractivity contribution is 0.973. The number of hydrogen-bond acceptors (Lipinski definition) is 3. The molecule has 0 saturated heterocycles. The first kappa shape index (κ1) is 14.2. The van der Waals surface area contributed by atoms with Gasteiger partial charge in [-0.15, -0.1) is 11.8 Å². The largest absolute Gasteiger partial charge is 0.310 e. The zero-order valence-electron chi connectivity index (χ0n) is 12.4. The van der Waals surface area contributed by atoms with Gasteiger partial charge in [0, 0.05) is 16.3 Å². The summed E-state index contributed by atoms with van der Waals surface area (Å²) in [6.07, 6.45) is 4.10. The molecule has 21 heavy (non-hydrogen) atoms. The predicted octanol–water partition coefficient (Wildman–Crippen LogP) is 2.91. The van der Waals surface area contributed by atoms with E-state index in [0.29, 0.717) is 10.8 Å². The topological polar surface area (TPSA) is 65.7 Å². The number of aromatic nitrogens is 2. The van der Waals surface area contributed by atoms with Crippen LogP contribution < -0.4 is 11.0 Å². The van der Waals surface area contributed by atoms with Crippen molar-refractivity contribution in [2.75, 3.05) is 0 Å². The van der Waals surface area contributed by atoms with Crippen LogP contribution in [0.4, 0.5) is 0 Å². The van der Waals surface area contributed by atoms with Crippen molar-refractivity contribution in [3.63, 3.8) is 0 Å². The summed E-state index contributed by atoms with van der Waals surface area (Å²) in [5, 5.41) is 5.68. The first-order chi connectivity index (χ1) is 9.99. The molecule has 1 aliphatic carbocycles. The van der Waals surface area contributed by atoms with Gasteiger partial charge >= 0.3 is 5.56 Å². The van der Waals surface area contributed by atoms with Crippen LogP contribution in [0.5, 0.6) is 0 Å². The van der Waals surface area contributed by atoms with E-state index in [1.165, 1.54) is 23.3 Å². The third-order valence-electron chi connectivity index (χ3n) is 3.99. The lowest BCUT2D eigenvalue weighted by Crippen LogP contribution is -2.28. The average molecular weight is 302 g/mol. The highest BCUT2D eigenvalue weighted by molar-refractivity contribution is 8.00. The normalized spacial score (nSPS) is 14.4. The number of hydrogen-bond donors (Lipinski definition) is 2. The summed E-state index contributed by atoms with van der Waals surface area (Å²) in [7, 11) is 0. The van der Waals surface area contributed by atoms with Crippen molar-refractivity contribution in [2.24, 2.45) is 0 Å². The molecule has 1 fully saturated rings. The summed E-state index contributed by atoms with van der Waals surface area (Å²) in [6, 6.07) is 2.01. The average Bonchev–Trinajstić information content (AvgIpc) is 3.26. The van der Waals surface area contributed by atoms with Crippen molar-refractivity contribution in [1.82, 2.24) is 10.2 Å². The molecule has 2 N–H and O–H groups in total. The molecule has 2 aromatic rings. The van der Waals surface area contributed by atoms with Crippen molar-refractivity contribution < 1.29 is 0 Å². The first-order valence-electron chi connectivity index (χ1n) is 7.07. The highest BCUT2D eigenvalue weighted by atomic mass is 32.2. The molecule has 1 aromatic heterocycles. The van der Waals surface area contributed by atoms with E-state index in [1.54, 1.807) is 6.20 Å². The molecule has 1 aromatic carbocycles. The SMILES string of the molecule is Cc1cc(-c2c[nH][nH]c(=O)c2=O)c(C)c(SC2CC2)c1C. The number of aryl methyl sites for hydroxylation is 1. The third-order valence-corrected chi connectivity index (χ3v) is 5.64. The van der Waals surface area contributed by atoms with Crippen LogP contribution >= 0.6 is 11.8 Å². The van der Waals surface area contributed by atoms with Crippen LogP contribution in [0.3, 0.4) is 0 Å². The Labute approximate surface area is 127 Å². The van der Waals surface area contributed by atoms with Gasteiger partial charge in [0.25, 0.3) is 5.43 Å². The molecular weight excluding hydrogens is 284 g/mol. The highest BCUT2D eigenvalue weighted by Gasteiger charge is 2.25. The number of rotatable bonds is 3.